The molecule has 1 aliphatic rings. The van der Waals surface area contributed by atoms with Crippen LogP contribution in [0.15, 0.2) is 0 Å². The summed E-state index contributed by atoms with van der Waals surface area (Å²) in [5.74, 6) is 0. The maximum Gasteiger partial charge on any atom is 0.0810 e. The van der Waals surface area contributed by atoms with Crippen LogP contribution in [0.2, 0.25) is 0 Å². The molecular weight excluding hydrogens is 128 g/mol. The number of hydrogen-bond donors (Lipinski definition) is 0. The van der Waals surface area contributed by atoms with Crippen LogP contribution in [0, 0.1) is 0 Å². The van der Waals surface area contributed by atoms with Gasteiger partial charge in [-0.25, -0.2) is 0 Å². The summed E-state index contributed by atoms with van der Waals surface area (Å²) in [5.41, 5.74) is 0. The van der Waals surface area contributed by atoms with Gasteiger partial charge in [0.25, 0.3) is 0 Å². The lowest BCUT2D eigenvalue weighted by molar-refractivity contribution is 0.129. The van der Waals surface area contributed by atoms with Crippen LogP contribution in [0.4, 0.5) is 0 Å². The summed E-state index contributed by atoms with van der Waals surface area (Å²) in [5, 5.41) is 0. The monoisotopic (exact) mass is 144 g/mol. The number of ether oxygens (including phenoxy) is 2. The molecule has 2 nitrogen and oxygen atoms in total. The molecule has 1 unspecified atom stereocenters. The molecule has 0 amide bonds. The summed E-state index contributed by atoms with van der Waals surface area (Å²) in [6.45, 7) is 4.93. The van der Waals surface area contributed by atoms with Gasteiger partial charge in [-0.1, -0.05) is 6.92 Å². The fourth-order valence-electron chi connectivity index (χ4n) is 0.894. The SMILES string of the molecule is CCCOCCCC1CO1. The molecule has 1 aliphatic heterocycles. The van der Waals surface area contributed by atoms with Gasteiger partial charge in [0, 0.05) is 13.2 Å². The van der Waals surface area contributed by atoms with E-state index in [0.29, 0.717) is 6.10 Å². The van der Waals surface area contributed by atoms with E-state index < -0.39 is 0 Å². The molecule has 1 rings (SSSR count). The Morgan fingerprint density at radius 3 is 2.90 bits per heavy atom. The normalized spacial score (nSPS) is 23.1. The van der Waals surface area contributed by atoms with Gasteiger partial charge in [-0.15, -0.1) is 0 Å². The summed E-state index contributed by atoms with van der Waals surface area (Å²) in [6, 6.07) is 0. The van der Waals surface area contributed by atoms with Crippen molar-refractivity contribution in [1.82, 2.24) is 0 Å². The Labute approximate surface area is 62.5 Å². The minimum absolute atomic E-state index is 0.574. The van der Waals surface area contributed by atoms with Crippen molar-refractivity contribution in [3.05, 3.63) is 0 Å². The zero-order chi connectivity index (χ0) is 7.23. The van der Waals surface area contributed by atoms with Crippen molar-refractivity contribution in [2.45, 2.75) is 32.3 Å². The van der Waals surface area contributed by atoms with Crippen molar-refractivity contribution in [3.8, 4) is 0 Å². The average molecular weight is 144 g/mol. The third-order valence-electron chi connectivity index (χ3n) is 1.57. The van der Waals surface area contributed by atoms with E-state index in [1.807, 2.05) is 0 Å². The summed E-state index contributed by atoms with van der Waals surface area (Å²) < 4.78 is 10.4. The summed E-state index contributed by atoms with van der Waals surface area (Å²) in [6.07, 6.45) is 4.04. The van der Waals surface area contributed by atoms with Crippen molar-refractivity contribution in [2.75, 3.05) is 19.8 Å². The minimum Gasteiger partial charge on any atom is -0.381 e. The van der Waals surface area contributed by atoms with Gasteiger partial charge < -0.3 is 9.47 Å². The number of epoxide rings is 1. The van der Waals surface area contributed by atoms with E-state index in [1.165, 1.54) is 6.42 Å². The highest BCUT2D eigenvalue weighted by atomic mass is 16.6. The van der Waals surface area contributed by atoms with Gasteiger partial charge in [0.2, 0.25) is 0 Å². The molecule has 0 N–H and O–H groups in total. The summed E-state index contributed by atoms with van der Waals surface area (Å²) in [4.78, 5) is 0. The van der Waals surface area contributed by atoms with E-state index in [0.717, 1.165) is 32.7 Å². The van der Waals surface area contributed by atoms with E-state index in [4.69, 9.17) is 9.47 Å². The predicted molar refractivity (Wildman–Crippen MR) is 40.1 cm³/mol. The standard InChI is InChI=1S/C8H16O2/c1-2-5-9-6-3-4-8-7-10-8/h8H,2-7H2,1H3. The van der Waals surface area contributed by atoms with Crippen LogP contribution in [0.3, 0.4) is 0 Å². The first-order valence-corrected chi connectivity index (χ1v) is 4.13. The van der Waals surface area contributed by atoms with Crippen LogP contribution in [-0.4, -0.2) is 25.9 Å². The lowest BCUT2D eigenvalue weighted by atomic mass is 10.3. The van der Waals surface area contributed by atoms with Gasteiger partial charge in [0.15, 0.2) is 0 Å². The molecule has 1 heterocycles. The molecule has 2 heteroatoms. The largest absolute Gasteiger partial charge is 0.381 e. The Balaban J connectivity index is 1.68. The third kappa shape index (κ3) is 3.85. The van der Waals surface area contributed by atoms with E-state index >= 15 is 0 Å². The van der Waals surface area contributed by atoms with Crippen molar-refractivity contribution in [2.24, 2.45) is 0 Å². The first-order chi connectivity index (χ1) is 4.93. The van der Waals surface area contributed by atoms with Crippen LogP contribution in [-0.2, 0) is 9.47 Å². The Bertz CT molecular complexity index is 79.3. The van der Waals surface area contributed by atoms with E-state index in [9.17, 15) is 0 Å². The second kappa shape index (κ2) is 4.69. The van der Waals surface area contributed by atoms with Crippen LogP contribution < -0.4 is 0 Å². The van der Waals surface area contributed by atoms with E-state index in [-0.39, 0.29) is 0 Å². The Kier molecular flexibility index (Phi) is 3.76. The molecule has 1 atom stereocenters. The molecule has 0 aliphatic carbocycles. The van der Waals surface area contributed by atoms with Crippen molar-refractivity contribution in [3.63, 3.8) is 0 Å². The zero-order valence-corrected chi connectivity index (χ0v) is 6.64. The smallest absolute Gasteiger partial charge is 0.0810 e. The first kappa shape index (κ1) is 8.02. The Hall–Kier alpha value is -0.0800. The molecule has 0 aromatic carbocycles. The molecule has 0 radical (unpaired) electrons. The second-order valence-corrected chi connectivity index (χ2v) is 2.71. The van der Waals surface area contributed by atoms with E-state index in [1.54, 1.807) is 0 Å². The first-order valence-electron chi connectivity index (χ1n) is 4.13. The predicted octanol–water partition coefficient (Wildman–Crippen LogP) is 1.59. The number of rotatable bonds is 6. The average Bonchev–Trinajstić information content (AvgIpc) is 2.71. The Morgan fingerprint density at radius 2 is 2.30 bits per heavy atom. The van der Waals surface area contributed by atoms with Gasteiger partial charge in [-0.2, -0.15) is 0 Å². The Morgan fingerprint density at radius 1 is 1.50 bits per heavy atom. The zero-order valence-electron chi connectivity index (χ0n) is 6.64. The minimum atomic E-state index is 0.574. The fraction of sp³-hybridized carbons (Fsp3) is 1.00. The topological polar surface area (TPSA) is 21.8 Å². The lowest BCUT2D eigenvalue weighted by Crippen LogP contribution is -1.97. The molecule has 1 saturated heterocycles. The molecular formula is C8H16O2. The molecule has 0 saturated carbocycles. The van der Waals surface area contributed by atoms with Crippen molar-refractivity contribution < 1.29 is 9.47 Å². The van der Waals surface area contributed by atoms with Crippen molar-refractivity contribution in [1.29, 1.82) is 0 Å². The highest BCUT2D eigenvalue weighted by molar-refractivity contribution is 4.67. The summed E-state index contributed by atoms with van der Waals surface area (Å²) in [7, 11) is 0. The van der Waals surface area contributed by atoms with Gasteiger partial charge in [0.05, 0.1) is 12.7 Å². The molecule has 1 fully saturated rings. The second-order valence-electron chi connectivity index (χ2n) is 2.71. The third-order valence-corrected chi connectivity index (χ3v) is 1.57. The molecule has 0 aromatic heterocycles. The maximum absolute atomic E-state index is 5.31. The van der Waals surface area contributed by atoms with Crippen LogP contribution in [0.5, 0.6) is 0 Å². The van der Waals surface area contributed by atoms with Crippen molar-refractivity contribution >= 4 is 0 Å². The summed E-state index contributed by atoms with van der Waals surface area (Å²) >= 11 is 0. The molecule has 60 valence electrons. The molecule has 10 heavy (non-hydrogen) atoms. The number of hydrogen-bond acceptors (Lipinski definition) is 2. The lowest BCUT2D eigenvalue weighted by Gasteiger charge is -1.99. The van der Waals surface area contributed by atoms with Gasteiger partial charge >= 0.3 is 0 Å². The van der Waals surface area contributed by atoms with Gasteiger partial charge in [-0.3, -0.25) is 0 Å². The van der Waals surface area contributed by atoms with Crippen LogP contribution >= 0.6 is 0 Å². The maximum atomic E-state index is 5.31. The highest BCUT2D eigenvalue weighted by Gasteiger charge is 2.20. The van der Waals surface area contributed by atoms with Gasteiger partial charge in [-0.05, 0) is 19.3 Å². The molecule has 0 aromatic rings. The molecule has 0 bridgehead atoms. The fourth-order valence-corrected chi connectivity index (χ4v) is 0.894. The quantitative estimate of drug-likeness (QED) is 0.417. The molecule has 0 spiro atoms. The van der Waals surface area contributed by atoms with E-state index in [2.05, 4.69) is 6.92 Å². The van der Waals surface area contributed by atoms with Gasteiger partial charge in [0.1, 0.15) is 0 Å². The highest BCUT2D eigenvalue weighted by Crippen LogP contribution is 2.14. The van der Waals surface area contributed by atoms with Crippen LogP contribution in [0.25, 0.3) is 0 Å². The van der Waals surface area contributed by atoms with Crippen LogP contribution in [0.1, 0.15) is 26.2 Å².